The molecular formula is C17H26O3S. The smallest absolute Gasteiger partial charge is 0.311 e. The summed E-state index contributed by atoms with van der Waals surface area (Å²) in [6.45, 7) is 12.3. The van der Waals surface area contributed by atoms with Gasteiger partial charge in [0, 0.05) is 0 Å². The van der Waals surface area contributed by atoms with Gasteiger partial charge < -0.3 is 9.84 Å². The van der Waals surface area contributed by atoms with E-state index < -0.39 is 0 Å². The van der Waals surface area contributed by atoms with Gasteiger partial charge in [0.1, 0.15) is 11.7 Å². The number of hydrogen-bond acceptors (Lipinski definition) is 4. The summed E-state index contributed by atoms with van der Waals surface area (Å²) in [5.41, 5.74) is 2.16. The number of phenolic OH excluding ortho intramolecular Hbond substituents is 1. The highest BCUT2D eigenvalue weighted by molar-refractivity contribution is 7.80. The van der Waals surface area contributed by atoms with E-state index in [9.17, 15) is 9.90 Å². The molecule has 118 valence electrons. The molecule has 0 aliphatic heterocycles. The second kappa shape index (κ2) is 6.30. The molecule has 4 heteroatoms. The van der Waals surface area contributed by atoms with Gasteiger partial charge in [-0.1, -0.05) is 53.7 Å². The first-order valence-corrected chi connectivity index (χ1v) is 7.73. The minimum Gasteiger partial charge on any atom is -0.507 e. The van der Waals surface area contributed by atoms with Crippen molar-refractivity contribution in [2.24, 2.45) is 0 Å². The molecule has 0 unspecified atom stereocenters. The molecule has 0 heterocycles. The van der Waals surface area contributed by atoms with Crippen LogP contribution in [0.3, 0.4) is 0 Å². The number of esters is 1. The van der Waals surface area contributed by atoms with Crippen LogP contribution in [0.5, 0.6) is 5.75 Å². The molecule has 0 radical (unpaired) electrons. The predicted octanol–water partition coefficient (Wildman–Crippen LogP) is 3.96. The van der Waals surface area contributed by atoms with Crippen LogP contribution >= 0.6 is 12.6 Å². The molecule has 0 amide bonds. The van der Waals surface area contributed by atoms with Crippen LogP contribution in [0.2, 0.25) is 0 Å². The van der Waals surface area contributed by atoms with Gasteiger partial charge in [0.05, 0.1) is 6.42 Å². The van der Waals surface area contributed by atoms with Crippen LogP contribution in [0.25, 0.3) is 0 Å². The van der Waals surface area contributed by atoms with Crippen molar-refractivity contribution < 1.29 is 14.6 Å². The van der Waals surface area contributed by atoms with Crippen LogP contribution in [-0.4, -0.2) is 17.0 Å². The number of benzene rings is 1. The lowest BCUT2D eigenvalue weighted by Gasteiger charge is -2.28. The maximum Gasteiger partial charge on any atom is 0.311 e. The average Bonchev–Trinajstić information content (AvgIpc) is 2.28. The number of aromatic hydroxyl groups is 1. The highest BCUT2D eigenvalue weighted by Crippen LogP contribution is 2.39. The van der Waals surface area contributed by atoms with Gasteiger partial charge in [0.2, 0.25) is 0 Å². The van der Waals surface area contributed by atoms with Gasteiger partial charge in [0.25, 0.3) is 0 Å². The molecule has 0 aromatic heterocycles. The van der Waals surface area contributed by atoms with Crippen LogP contribution in [-0.2, 0) is 26.8 Å². The van der Waals surface area contributed by atoms with Crippen molar-refractivity contribution in [3.05, 3.63) is 28.8 Å². The average molecular weight is 310 g/mol. The van der Waals surface area contributed by atoms with E-state index >= 15 is 0 Å². The fraction of sp³-hybridized carbons (Fsp3) is 0.588. The summed E-state index contributed by atoms with van der Waals surface area (Å²) >= 11 is 3.89. The quantitative estimate of drug-likeness (QED) is 0.505. The fourth-order valence-electron chi connectivity index (χ4n) is 2.23. The number of carbonyl (C=O) groups is 1. The Morgan fingerprint density at radius 3 is 1.86 bits per heavy atom. The van der Waals surface area contributed by atoms with Gasteiger partial charge in [-0.2, -0.15) is 0 Å². The van der Waals surface area contributed by atoms with Crippen molar-refractivity contribution in [2.45, 2.75) is 58.8 Å². The summed E-state index contributed by atoms with van der Waals surface area (Å²) in [6, 6.07) is 3.79. The monoisotopic (exact) mass is 310 g/mol. The lowest BCUT2D eigenvalue weighted by Crippen LogP contribution is -2.18. The second-order valence-corrected chi connectivity index (χ2v) is 7.62. The van der Waals surface area contributed by atoms with Crippen molar-refractivity contribution in [3.8, 4) is 5.75 Å². The van der Waals surface area contributed by atoms with Crippen molar-refractivity contribution in [3.63, 3.8) is 0 Å². The molecule has 1 aromatic rings. The fourth-order valence-corrected chi connectivity index (χ4v) is 2.37. The van der Waals surface area contributed by atoms with Crippen molar-refractivity contribution in [1.29, 1.82) is 0 Å². The molecule has 0 spiro atoms. The number of hydrogen-bond donors (Lipinski definition) is 2. The van der Waals surface area contributed by atoms with Crippen LogP contribution in [0.15, 0.2) is 12.1 Å². The van der Waals surface area contributed by atoms with E-state index in [1.54, 1.807) is 0 Å². The predicted molar refractivity (Wildman–Crippen MR) is 89.2 cm³/mol. The molecule has 0 aliphatic rings. The molecule has 0 bridgehead atoms. The molecule has 1 aromatic carbocycles. The number of phenols is 1. The van der Waals surface area contributed by atoms with Gasteiger partial charge >= 0.3 is 5.97 Å². The summed E-state index contributed by atoms with van der Waals surface area (Å²) in [5, 5.41) is 10.6. The van der Waals surface area contributed by atoms with Gasteiger partial charge in [-0.05, 0) is 27.5 Å². The van der Waals surface area contributed by atoms with E-state index in [4.69, 9.17) is 4.74 Å². The Labute approximate surface area is 133 Å². The molecular weight excluding hydrogens is 284 g/mol. The largest absolute Gasteiger partial charge is 0.507 e. The molecule has 3 nitrogen and oxygen atoms in total. The summed E-state index contributed by atoms with van der Waals surface area (Å²) in [4.78, 5) is 11.7. The van der Waals surface area contributed by atoms with E-state index in [2.05, 4.69) is 12.6 Å². The molecule has 1 N–H and O–H groups in total. The Morgan fingerprint density at radius 1 is 1.10 bits per heavy atom. The normalized spacial score (nSPS) is 12.3. The third-order valence-corrected chi connectivity index (χ3v) is 3.49. The molecule has 0 saturated carbocycles. The maximum absolute atomic E-state index is 11.7. The minimum absolute atomic E-state index is 0.0785. The standard InChI is InChI=1S/C17H26O3S/c1-16(2,3)12-7-11(9-14(18)20-10-21)8-13(15(12)19)17(4,5)6/h7-8,19,21H,9-10H2,1-6H3. The second-order valence-electron chi connectivity index (χ2n) is 7.36. The lowest BCUT2D eigenvalue weighted by atomic mass is 9.78. The van der Waals surface area contributed by atoms with Gasteiger partial charge in [-0.15, -0.1) is 12.6 Å². The number of carbonyl (C=O) groups excluding carboxylic acids is 1. The molecule has 0 aliphatic carbocycles. The molecule has 21 heavy (non-hydrogen) atoms. The highest BCUT2D eigenvalue weighted by Gasteiger charge is 2.26. The third-order valence-electron chi connectivity index (χ3n) is 3.36. The Hall–Kier alpha value is -1.16. The lowest BCUT2D eigenvalue weighted by molar-refractivity contribution is -0.140. The van der Waals surface area contributed by atoms with E-state index in [1.807, 2.05) is 53.7 Å². The highest BCUT2D eigenvalue weighted by atomic mass is 32.1. The summed E-state index contributed by atoms with van der Waals surface area (Å²) < 4.78 is 4.89. The van der Waals surface area contributed by atoms with Gasteiger partial charge in [-0.25, -0.2) is 0 Å². The first-order valence-electron chi connectivity index (χ1n) is 7.10. The van der Waals surface area contributed by atoms with Crippen LogP contribution in [0, 0.1) is 0 Å². The zero-order valence-corrected chi connectivity index (χ0v) is 14.7. The molecule has 0 saturated heterocycles. The first-order chi connectivity index (χ1) is 9.46. The number of rotatable bonds is 3. The zero-order valence-electron chi connectivity index (χ0n) is 13.8. The van der Waals surface area contributed by atoms with Crippen molar-refractivity contribution in [2.75, 3.05) is 5.94 Å². The Morgan fingerprint density at radius 2 is 1.52 bits per heavy atom. The van der Waals surface area contributed by atoms with Gasteiger partial charge in [-0.3, -0.25) is 4.79 Å². The Kier molecular flexibility index (Phi) is 5.37. The van der Waals surface area contributed by atoms with Crippen LogP contribution < -0.4 is 0 Å². The molecule has 0 atom stereocenters. The molecule has 1 rings (SSSR count). The van der Waals surface area contributed by atoms with Crippen LogP contribution in [0.1, 0.15) is 58.2 Å². The first kappa shape index (κ1) is 17.9. The summed E-state index contributed by atoms with van der Waals surface area (Å²) in [7, 11) is 0. The van der Waals surface area contributed by atoms with E-state index in [0.717, 1.165) is 16.7 Å². The zero-order chi connectivity index (χ0) is 16.4. The van der Waals surface area contributed by atoms with E-state index in [1.165, 1.54) is 0 Å². The number of thiol groups is 1. The van der Waals surface area contributed by atoms with Crippen LogP contribution in [0.4, 0.5) is 0 Å². The topological polar surface area (TPSA) is 46.5 Å². The van der Waals surface area contributed by atoms with Crippen molar-refractivity contribution >= 4 is 18.6 Å². The third kappa shape index (κ3) is 4.67. The van der Waals surface area contributed by atoms with E-state index in [-0.39, 0.29) is 29.2 Å². The number of ether oxygens (including phenoxy) is 1. The maximum atomic E-state index is 11.7. The van der Waals surface area contributed by atoms with E-state index in [0.29, 0.717) is 5.75 Å². The SMILES string of the molecule is CC(C)(C)c1cc(CC(=O)OCS)cc(C(C)(C)C)c1O. The molecule has 0 fully saturated rings. The summed E-state index contributed by atoms with van der Waals surface area (Å²) in [6.07, 6.45) is 0.188. The van der Waals surface area contributed by atoms with Gasteiger partial charge in [0.15, 0.2) is 0 Å². The summed E-state index contributed by atoms with van der Waals surface area (Å²) in [5.74, 6) is 0.0894. The Balaban J connectivity index is 3.37. The minimum atomic E-state index is -0.310. The van der Waals surface area contributed by atoms with Crippen molar-refractivity contribution in [1.82, 2.24) is 0 Å². The Bertz CT molecular complexity index is 487.